The zero-order valence-electron chi connectivity index (χ0n) is 10.2. The van der Waals surface area contributed by atoms with Gasteiger partial charge in [0.2, 0.25) is 0 Å². The molecule has 3 nitrogen and oxygen atoms in total. The second-order valence-electron chi connectivity index (χ2n) is 4.84. The van der Waals surface area contributed by atoms with Crippen LogP contribution in [0.4, 0.5) is 8.78 Å². The number of rotatable bonds is 5. The second kappa shape index (κ2) is 5.02. The number of hydrogen-bond acceptors (Lipinski definition) is 2. The Bertz CT molecular complexity index is 458. The van der Waals surface area contributed by atoms with Crippen molar-refractivity contribution in [3.05, 3.63) is 35.4 Å². The van der Waals surface area contributed by atoms with Crippen LogP contribution in [-0.4, -0.2) is 26.0 Å². The summed E-state index contributed by atoms with van der Waals surface area (Å²) in [5.41, 5.74) is -0.00219. The highest BCUT2D eigenvalue weighted by Crippen LogP contribution is 2.44. The van der Waals surface area contributed by atoms with Gasteiger partial charge in [-0.3, -0.25) is 4.79 Å². The third-order valence-electron chi connectivity index (χ3n) is 3.31. The molecule has 1 aliphatic carbocycles. The maximum Gasteiger partial charge on any atom is 0.254 e. The monoisotopic (exact) mass is 254 g/mol. The largest absolute Gasteiger partial charge is 0.351 e. The molecule has 2 rings (SSSR count). The van der Waals surface area contributed by atoms with E-state index in [0.717, 1.165) is 37.6 Å². The van der Waals surface area contributed by atoms with Crippen molar-refractivity contribution in [2.75, 3.05) is 20.1 Å². The molecular weight excluding hydrogens is 238 g/mol. The van der Waals surface area contributed by atoms with Crippen molar-refractivity contribution in [2.24, 2.45) is 5.41 Å². The maximum atomic E-state index is 13.4. The van der Waals surface area contributed by atoms with Crippen LogP contribution in [0.1, 0.15) is 23.2 Å². The summed E-state index contributed by atoms with van der Waals surface area (Å²) >= 11 is 0. The fraction of sp³-hybridized carbons (Fsp3) is 0.462. The van der Waals surface area contributed by atoms with Crippen molar-refractivity contribution in [3.8, 4) is 0 Å². The van der Waals surface area contributed by atoms with Gasteiger partial charge in [0.25, 0.3) is 5.91 Å². The van der Waals surface area contributed by atoms with Crippen LogP contribution < -0.4 is 10.6 Å². The van der Waals surface area contributed by atoms with Crippen molar-refractivity contribution in [2.45, 2.75) is 12.8 Å². The number of nitrogens with one attached hydrogen (secondary N) is 2. The molecule has 0 aromatic heterocycles. The normalized spacial score (nSPS) is 16.4. The van der Waals surface area contributed by atoms with E-state index in [1.54, 1.807) is 0 Å². The van der Waals surface area contributed by atoms with E-state index in [1.807, 2.05) is 7.05 Å². The van der Waals surface area contributed by atoms with Crippen LogP contribution in [0.15, 0.2) is 18.2 Å². The lowest BCUT2D eigenvalue weighted by molar-refractivity contribution is 0.0940. The predicted octanol–water partition coefficient (Wildman–Crippen LogP) is 1.69. The van der Waals surface area contributed by atoms with Crippen molar-refractivity contribution < 1.29 is 13.6 Å². The van der Waals surface area contributed by atoms with Crippen LogP contribution in [0, 0.1) is 17.0 Å². The van der Waals surface area contributed by atoms with Crippen LogP contribution >= 0.6 is 0 Å². The van der Waals surface area contributed by atoms with Gasteiger partial charge in [-0.1, -0.05) is 0 Å². The van der Waals surface area contributed by atoms with Gasteiger partial charge in [0, 0.05) is 24.6 Å². The minimum atomic E-state index is -0.828. The van der Waals surface area contributed by atoms with E-state index in [4.69, 9.17) is 0 Å². The first-order chi connectivity index (χ1) is 8.56. The lowest BCUT2D eigenvalue weighted by Crippen LogP contribution is -2.35. The summed E-state index contributed by atoms with van der Waals surface area (Å²) in [6.45, 7) is 1.35. The van der Waals surface area contributed by atoms with Gasteiger partial charge in [-0.25, -0.2) is 8.78 Å². The lowest BCUT2D eigenvalue weighted by atomic mass is 10.1. The first-order valence-corrected chi connectivity index (χ1v) is 5.94. The molecule has 0 unspecified atom stereocenters. The van der Waals surface area contributed by atoms with Gasteiger partial charge in [0.05, 0.1) is 5.56 Å². The molecule has 1 saturated carbocycles. The fourth-order valence-corrected chi connectivity index (χ4v) is 2.00. The highest BCUT2D eigenvalue weighted by molar-refractivity contribution is 5.94. The molecule has 0 spiro atoms. The Labute approximate surface area is 105 Å². The number of halogens is 2. The van der Waals surface area contributed by atoms with Gasteiger partial charge in [-0.15, -0.1) is 0 Å². The van der Waals surface area contributed by atoms with Crippen molar-refractivity contribution in [1.82, 2.24) is 10.6 Å². The standard InChI is InChI=1S/C13H16F2N2O/c1-16-7-13(4-5-13)8-17-12(18)10-3-2-9(14)6-11(10)15/h2-3,6,16H,4-5,7-8H2,1H3,(H,17,18). The van der Waals surface area contributed by atoms with Gasteiger partial charge in [0.15, 0.2) is 0 Å². The molecule has 0 heterocycles. The van der Waals surface area contributed by atoms with Crippen molar-refractivity contribution in [3.63, 3.8) is 0 Å². The quantitative estimate of drug-likeness (QED) is 0.839. The average Bonchev–Trinajstić information content (AvgIpc) is 3.07. The molecule has 0 radical (unpaired) electrons. The number of hydrogen-bond donors (Lipinski definition) is 2. The van der Waals surface area contributed by atoms with Crippen LogP contribution in [-0.2, 0) is 0 Å². The Kier molecular flexibility index (Phi) is 3.61. The third-order valence-corrected chi connectivity index (χ3v) is 3.31. The summed E-state index contributed by atoms with van der Waals surface area (Å²) in [4.78, 5) is 11.8. The Hall–Kier alpha value is -1.49. The van der Waals surface area contributed by atoms with E-state index in [-0.39, 0.29) is 11.0 Å². The first-order valence-electron chi connectivity index (χ1n) is 5.94. The maximum absolute atomic E-state index is 13.4. The minimum Gasteiger partial charge on any atom is -0.351 e. The Morgan fingerprint density at radius 2 is 2.06 bits per heavy atom. The van der Waals surface area contributed by atoms with E-state index < -0.39 is 17.5 Å². The average molecular weight is 254 g/mol. The van der Waals surface area contributed by atoms with Gasteiger partial charge < -0.3 is 10.6 Å². The van der Waals surface area contributed by atoms with E-state index >= 15 is 0 Å². The van der Waals surface area contributed by atoms with Gasteiger partial charge in [0.1, 0.15) is 11.6 Å². The molecule has 98 valence electrons. The number of amides is 1. The number of carbonyl (C=O) groups excluding carboxylic acids is 1. The lowest BCUT2D eigenvalue weighted by Gasteiger charge is -2.15. The first kappa shape index (κ1) is 13.0. The minimum absolute atomic E-state index is 0.112. The SMILES string of the molecule is CNCC1(CNC(=O)c2ccc(F)cc2F)CC1. The smallest absolute Gasteiger partial charge is 0.254 e. The molecule has 1 amide bonds. The van der Waals surface area contributed by atoms with Crippen molar-refractivity contribution >= 4 is 5.91 Å². The number of benzene rings is 1. The van der Waals surface area contributed by atoms with E-state index in [2.05, 4.69) is 10.6 Å². The molecule has 1 fully saturated rings. The van der Waals surface area contributed by atoms with Crippen molar-refractivity contribution in [1.29, 1.82) is 0 Å². The van der Waals surface area contributed by atoms with Crippen LogP contribution in [0.3, 0.4) is 0 Å². The Morgan fingerprint density at radius 1 is 1.33 bits per heavy atom. The predicted molar refractivity (Wildman–Crippen MR) is 64.3 cm³/mol. The highest BCUT2D eigenvalue weighted by Gasteiger charge is 2.42. The molecule has 5 heteroatoms. The highest BCUT2D eigenvalue weighted by atomic mass is 19.1. The van der Waals surface area contributed by atoms with Gasteiger partial charge in [-0.05, 0) is 32.0 Å². The molecule has 1 aromatic rings. The van der Waals surface area contributed by atoms with Crippen LogP contribution in [0.5, 0.6) is 0 Å². The zero-order chi connectivity index (χ0) is 13.2. The van der Waals surface area contributed by atoms with Crippen LogP contribution in [0.2, 0.25) is 0 Å². The fourth-order valence-electron chi connectivity index (χ4n) is 2.00. The molecule has 0 saturated heterocycles. The topological polar surface area (TPSA) is 41.1 Å². The second-order valence-corrected chi connectivity index (χ2v) is 4.84. The number of carbonyl (C=O) groups is 1. The molecule has 0 aliphatic heterocycles. The molecule has 1 aromatic carbocycles. The summed E-state index contributed by atoms with van der Waals surface area (Å²) in [5.74, 6) is -2.00. The Balaban J connectivity index is 1.96. The van der Waals surface area contributed by atoms with E-state index in [9.17, 15) is 13.6 Å². The van der Waals surface area contributed by atoms with Gasteiger partial charge >= 0.3 is 0 Å². The molecule has 0 bridgehead atoms. The third kappa shape index (κ3) is 2.85. The summed E-state index contributed by atoms with van der Waals surface area (Å²) in [5, 5.41) is 5.78. The molecule has 18 heavy (non-hydrogen) atoms. The summed E-state index contributed by atoms with van der Waals surface area (Å²) < 4.78 is 26.1. The van der Waals surface area contributed by atoms with Crippen LogP contribution in [0.25, 0.3) is 0 Å². The van der Waals surface area contributed by atoms with E-state index in [0.29, 0.717) is 6.54 Å². The summed E-state index contributed by atoms with van der Waals surface area (Å²) in [6, 6.07) is 2.96. The molecule has 1 aliphatic rings. The van der Waals surface area contributed by atoms with Gasteiger partial charge in [-0.2, -0.15) is 0 Å². The molecule has 0 atom stereocenters. The summed E-state index contributed by atoms with van der Waals surface area (Å²) in [6.07, 6.45) is 2.11. The molecular formula is C13H16F2N2O. The zero-order valence-corrected chi connectivity index (χ0v) is 10.2. The van der Waals surface area contributed by atoms with E-state index in [1.165, 1.54) is 0 Å². The Morgan fingerprint density at radius 3 is 2.61 bits per heavy atom. The molecule has 2 N–H and O–H groups in total. The summed E-state index contributed by atoms with van der Waals surface area (Å²) in [7, 11) is 1.86.